The molecule has 0 aliphatic rings. The predicted molar refractivity (Wildman–Crippen MR) is 63.3 cm³/mol. The summed E-state index contributed by atoms with van der Waals surface area (Å²) in [6.45, 7) is 6.91. The molecule has 0 saturated carbocycles. The van der Waals surface area contributed by atoms with Gasteiger partial charge < -0.3 is 4.90 Å². The van der Waals surface area contributed by atoms with Crippen LogP contribution >= 0.6 is 11.6 Å². The molecular weight excluding hydrogens is 210 g/mol. The molecule has 1 aromatic heterocycles. The Morgan fingerprint density at radius 2 is 1.87 bits per heavy atom. The predicted octanol–water partition coefficient (Wildman–Crippen LogP) is 2.62. The first-order valence-electron chi connectivity index (χ1n) is 5.09. The fourth-order valence-corrected chi connectivity index (χ4v) is 2.06. The molecule has 0 bridgehead atoms. The van der Waals surface area contributed by atoms with Gasteiger partial charge in [0, 0.05) is 11.3 Å². The summed E-state index contributed by atoms with van der Waals surface area (Å²) in [6.07, 6.45) is 0. The lowest BCUT2D eigenvalue weighted by molar-refractivity contribution is 0.389. The Kier molecular flexibility index (Phi) is 4.05. The number of nitrogens with zero attached hydrogens (tertiary/aromatic N) is 3. The van der Waals surface area contributed by atoms with Gasteiger partial charge in [0.25, 0.3) is 0 Å². The zero-order chi connectivity index (χ0) is 11.6. The van der Waals surface area contributed by atoms with Crippen molar-refractivity contribution in [2.75, 3.05) is 14.1 Å². The topological polar surface area (TPSA) is 29.0 Å². The number of hydrogen-bond acceptors (Lipinski definition) is 3. The highest BCUT2D eigenvalue weighted by molar-refractivity contribution is 6.30. The van der Waals surface area contributed by atoms with Gasteiger partial charge in [-0.15, -0.1) is 0 Å². The van der Waals surface area contributed by atoms with Crippen molar-refractivity contribution in [3.8, 4) is 0 Å². The van der Waals surface area contributed by atoms with E-state index in [1.165, 1.54) is 0 Å². The van der Waals surface area contributed by atoms with E-state index < -0.39 is 0 Å². The van der Waals surface area contributed by atoms with Crippen molar-refractivity contribution < 1.29 is 0 Å². The molecule has 0 amide bonds. The van der Waals surface area contributed by atoms with Gasteiger partial charge in [-0.05, 0) is 26.9 Å². The minimum absolute atomic E-state index is 0.367. The summed E-state index contributed by atoms with van der Waals surface area (Å²) in [4.78, 5) is 10.8. The van der Waals surface area contributed by atoms with Crippen molar-refractivity contribution in [2.24, 2.45) is 0 Å². The molecule has 0 fully saturated rings. The second kappa shape index (κ2) is 4.90. The normalized spacial score (nSPS) is 11.5. The van der Waals surface area contributed by atoms with Crippen LogP contribution in [0.2, 0.25) is 5.15 Å². The van der Waals surface area contributed by atoms with Gasteiger partial charge in [-0.2, -0.15) is 0 Å². The third-order valence-corrected chi connectivity index (χ3v) is 2.46. The summed E-state index contributed by atoms with van der Waals surface area (Å²) in [5.41, 5.74) is 2.04. The lowest BCUT2D eigenvalue weighted by Crippen LogP contribution is -2.15. The van der Waals surface area contributed by atoms with Gasteiger partial charge in [-0.1, -0.05) is 25.4 Å². The van der Waals surface area contributed by atoms with Crippen molar-refractivity contribution in [3.63, 3.8) is 0 Å². The summed E-state index contributed by atoms with van der Waals surface area (Å²) in [5, 5.41) is 0.592. The highest BCUT2D eigenvalue weighted by Gasteiger charge is 2.13. The Balaban J connectivity index is 3.08. The quantitative estimate of drug-likeness (QED) is 0.744. The Bertz CT molecular complexity index is 325. The van der Waals surface area contributed by atoms with E-state index in [4.69, 9.17) is 11.6 Å². The largest absolute Gasteiger partial charge is 0.302 e. The molecule has 0 aliphatic carbocycles. The number of aromatic nitrogens is 2. The maximum absolute atomic E-state index is 6.14. The second-order valence-electron chi connectivity index (χ2n) is 4.32. The van der Waals surface area contributed by atoms with Crippen LogP contribution in [-0.4, -0.2) is 29.0 Å². The van der Waals surface area contributed by atoms with Crippen LogP contribution in [0.3, 0.4) is 0 Å². The third-order valence-electron chi connectivity index (χ3n) is 2.17. The minimum atomic E-state index is 0.367. The Morgan fingerprint density at radius 3 is 2.27 bits per heavy atom. The molecule has 84 valence electrons. The molecule has 0 N–H and O–H groups in total. The van der Waals surface area contributed by atoms with Crippen molar-refractivity contribution >= 4 is 11.6 Å². The lowest BCUT2D eigenvalue weighted by Gasteiger charge is -2.14. The van der Waals surface area contributed by atoms with Crippen LogP contribution in [-0.2, 0) is 6.54 Å². The van der Waals surface area contributed by atoms with Crippen LogP contribution < -0.4 is 0 Å². The van der Waals surface area contributed by atoms with Crippen molar-refractivity contribution in [1.82, 2.24) is 14.9 Å². The first-order valence-corrected chi connectivity index (χ1v) is 5.47. The van der Waals surface area contributed by atoms with Gasteiger partial charge in [0.15, 0.2) is 0 Å². The summed E-state index contributed by atoms with van der Waals surface area (Å²) in [7, 11) is 3.98. The van der Waals surface area contributed by atoms with Crippen LogP contribution in [0.25, 0.3) is 0 Å². The number of halogens is 1. The minimum Gasteiger partial charge on any atom is -0.302 e. The molecular formula is C11H18ClN3. The molecule has 15 heavy (non-hydrogen) atoms. The van der Waals surface area contributed by atoms with Crippen LogP contribution in [0.1, 0.15) is 36.8 Å². The highest BCUT2D eigenvalue weighted by atomic mass is 35.5. The zero-order valence-corrected chi connectivity index (χ0v) is 10.8. The molecule has 0 saturated heterocycles. The maximum Gasteiger partial charge on any atom is 0.144 e. The first-order chi connectivity index (χ1) is 6.91. The van der Waals surface area contributed by atoms with Gasteiger partial charge >= 0.3 is 0 Å². The smallest absolute Gasteiger partial charge is 0.144 e. The van der Waals surface area contributed by atoms with E-state index in [9.17, 15) is 0 Å². The van der Waals surface area contributed by atoms with Gasteiger partial charge in [0.2, 0.25) is 0 Å². The Hall–Kier alpha value is -0.670. The number of rotatable bonds is 3. The first kappa shape index (κ1) is 12.4. The fourth-order valence-electron chi connectivity index (χ4n) is 1.61. The molecule has 0 aromatic carbocycles. The van der Waals surface area contributed by atoms with Gasteiger partial charge in [-0.3, -0.25) is 0 Å². The number of hydrogen-bond donors (Lipinski definition) is 0. The standard InChI is InChI=1S/C11H18ClN3/c1-7(2)10-8(3)13-9(6-15(4)5)14-11(10)12/h7H,6H2,1-5H3. The van der Waals surface area contributed by atoms with Gasteiger partial charge in [-0.25, -0.2) is 9.97 Å². The average molecular weight is 228 g/mol. The van der Waals surface area contributed by atoms with E-state index in [-0.39, 0.29) is 0 Å². The van der Waals surface area contributed by atoms with Crippen molar-refractivity contribution in [2.45, 2.75) is 33.2 Å². The van der Waals surface area contributed by atoms with Crippen LogP contribution in [0, 0.1) is 6.92 Å². The molecule has 3 nitrogen and oxygen atoms in total. The molecule has 1 rings (SSSR count). The van der Waals surface area contributed by atoms with E-state index >= 15 is 0 Å². The van der Waals surface area contributed by atoms with Crippen molar-refractivity contribution in [3.05, 3.63) is 22.2 Å². The Labute approximate surface area is 96.5 Å². The van der Waals surface area contributed by atoms with Crippen molar-refractivity contribution in [1.29, 1.82) is 0 Å². The Morgan fingerprint density at radius 1 is 1.27 bits per heavy atom. The molecule has 0 spiro atoms. The third kappa shape index (κ3) is 3.14. The monoisotopic (exact) mass is 227 g/mol. The van der Waals surface area contributed by atoms with E-state index in [1.54, 1.807) is 0 Å². The average Bonchev–Trinajstić information content (AvgIpc) is 1.99. The summed E-state index contributed by atoms with van der Waals surface area (Å²) in [5.74, 6) is 1.15. The molecule has 0 aliphatic heterocycles. The lowest BCUT2D eigenvalue weighted by atomic mass is 10.0. The molecule has 1 aromatic rings. The SMILES string of the molecule is Cc1nc(CN(C)C)nc(Cl)c1C(C)C. The highest BCUT2D eigenvalue weighted by Crippen LogP contribution is 2.24. The molecule has 4 heteroatoms. The van der Waals surface area contributed by atoms with E-state index in [0.29, 0.717) is 11.1 Å². The molecule has 0 radical (unpaired) electrons. The van der Waals surface area contributed by atoms with E-state index in [1.807, 2.05) is 25.9 Å². The van der Waals surface area contributed by atoms with Gasteiger partial charge in [0.1, 0.15) is 11.0 Å². The summed E-state index contributed by atoms with van der Waals surface area (Å²) in [6, 6.07) is 0. The summed E-state index contributed by atoms with van der Waals surface area (Å²) >= 11 is 6.14. The fraction of sp³-hybridized carbons (Fsp3) is 0.636. The molecule has 1 heterocycles. The summed E-state index contributed by atoms with van der Waals surface area (Å²) < 4.78 is 0. The maximum atomic E-state index is 6.14. The van der Waals surface area contributed by atoms with Crippen LogP contribution in [0.5, 0.6) is 0 Å². The second-order valence-corrected chi connectivity index (χ2v) is 4.68. The van der Waals surface area contributed by atoms with E-state index in [2.05, 4.69) is 23.8 Å². The number of aryl methyl sites for hydroxylation is 1. The molecule has 0 unspecified atom stereocenters. The zero-order valence-electron chi connectivity index (χ0n) is 10.0. The van der Waals surface area contributed by atoms with Crippen LogP contribution in [0.15, 0.2) is 0 Å². The van der Waals surface area contributed by atoms with E-state index in [0.717, 1.165) is 23.6 Å². The molecule has 0 atom stereocenters. The van der Waals surface area contributed by atoms with Crippen LogP contribution in [0.4, 0.5) is 0 Å². The van der Waals surface area contributed by atoms with Gasteiger partial charge in [0.05, 0.1) is 6.54 Å².